The molecule has 21 heavy (non-hydrogen) atoms. The molecule has 1 aromatic rings. The summed E-state index contributed by atoms with van der Waals surface area (Å²) in [6.45, 7) is 5.72. The minimum Gasteiger partial charge on any atom is -0.303 e. The fraction of sp³-hybridized carbons (Fsp3) is 0.438. The second kappa shape index (κ2) is 8.79. The maximum absolute atomic E-state index is 12.4. The average Bonchev–Trinajstić information content (AvgIpc) is 2.48. The Morgan fingerprint density at radius 3 is 2.14 bits per heavy atom. The van der Waals surface area contributed by atoms with Crippen LogP contribution in [0.3, 0.4) is 0 Å². The fourth-order valence-corrected chi connectivity index (χ4v) is 3.09. The predicted octanol–water partition coefficient (Wildman–Crippen LogP) is 4.24. The van der Waals surface area contributed by atoms with Crippen LogP contribution in [0.2, 0.25) is 0 Å². The molecule has 0 spiro atoms. The molecule has 0 atom stereocenters. The minimum absolute atomic E-state index is 0.156. The van der Waals surface area contributed by atoms with Crippen molar-refractivity contribution >= 4 is 13.1 Å². The van der Waals surface area contributed by atoms with Crippen molar-refractivity contribution in [2.24, 2.45) is 0 Å². The van der Waals surface area contributed by atoms with E-state index in [9.17, 15) is 9.36 Å². The van der Waals surface area contributed by atoms with Crippen LogP contribution < -0.4 is 0 Å². The minimum atomic E-state index is -3.75. The molecule has 4 nitrogen and oxygen atoms in total. The molecule has 1 rings (SSSR count). The van der Waals surface area contributed by atoms with Gasteiger partial charge < -0.3 is 9.05 Å². The van der Waals surface area contributed by atoms with Crippen molar-refractivity contribution in [1.82, 2.24) is 0 Å². The second-order valence-electron chi connectivity index (χ2n) is 4.27. The molecule has 0 amide bonds. The van der Waals surface area contributed by atoms with Crippen LogP contribution in [0.4, 0.5) is 0 Å². The van der Waals surface area contributed by atoms with Crippen molar-refractivity contribution in [3.05, 3.63) is 35.4 Å². The summed E-state index contributed by atoms with van der Waals surface area (Å²) in [7, 11) is -3.75. The topological polar surface area (TPSA) is 52.6 Å². The molecule has 0 bridgehead atoms. The summed E-state index contributed by atoms with van der Waals surface area (Å²) < 4.78 is 22.5. The van der Waals surface area contributed by atoms with Gasteiger partial charge in [0.25, 0.3) is 5.52 Å². The summed E-state index contributed by atoms with van der Waals surface area (Å²) >= 11 is 0. The third-order valence-corrected chi connectivity index (χ3v) is 4.54. The third kappa shape index (κ3) is 5.13. The molecule has 5 heteroatoms. The fourth-order valence-electron chi connectivity index (χ4n) is 1.64. The summed E-state index contributed by atoms with van der Waals surface area (Å²) in [5.74, 6) is 6.04. The molecule has 114 valence electrons. The normalized spacial score (nSPS) is 10.8. The highest BCUT2D eigenvalue weighted by Crippen LogP contribution is 2.50. The van der Waals surface area contributed by atoms with Crippen molar-refractivity contribution in [3.63, 3.8) is 0 Å². The second-order valence-corrected chi connectivity index (χ2v) is 6.18. The largest absolute Gasteiger partial charge is 0.401 e. The van der Waals surface area contributed by atoms with Crippen molar-refractivity contribution in [2.45, 2.75) is 33.6 Å². The van der Waals surface area contributed by atoms with Crippen molar-refractivity contribution in [3.8, 4) is 11.8 Å². The summed E-state index contributed by atoms with van der Waals surface area (Å²) in [4.78, 5) is 12.3. The number of carbonyl (C=O) groups is 1. The number of rotatable bonds is 7. The van der Waals surface area contributed by atoms with Gasteiger partial charge in [0.15, 0.2) is 0 Å². The molecule has 0 unspecified atom stereocenters. The van der Waals surface area contributed by atoms with Gasteiger partial charge in [0.1, 0.15) is 0 Å². The third-order valence-electron chi connectivity index (χ3n) is 2.59. The van der Waals surface area contributed by atoms with Gasteiger partial charge >= 0.3 is 7.60 Å². The van der Waals surface area contributed by atoms with E-state index in [1.54, 1.807) is 38.1 Å². The molecule has 0 saturated carbocycles. The number of hydrogen-bond acceptors (Lipinski definition) is 4. The van der Waals surface area contributed by atoms with Crippen LogP contribution in [-0.4, -0.2) is 18.7 Å². The summed E-state index contributed by atoms with van der Waals surface area (Å²) in [5, 5.41) is 0. The highest BCUT2D eigenvalue weighted by Gasteiger charge is 2.34. The SMILES string of the molecule is CCCC#Cc1ccc(C(=O)P(=O)(OCC)OCC)cc1. The molecule has 0 saturated heterocycles. The Morgan fingerprint density at radius 2 is 1.67 bits per heavy atom. The van der Waals surface area contributed by atoms with E-state index < -0.39 is 13.1 Å². The Hall–Kier alpha value is -1.40. The van der Waals surface area contributed by atoms with E-state index in [2.05, 4.69) is 18.8 Å². The Kier molecular flexibility index (Phi) is 7.39. The highest BCUT2D eigenvalue weighted by atomic mass is 31.2. The van der Waals surface area contributed by atoms with E-state index in [4.69, 9.17) is 9.05 Å². The quantitative estimate of drug-likeness (QED) is 0.558. The number of hydrogen-bond donors (Lipinski definition) is 0. The molecule has 0 aromatic heterocycles. The lowest BCUT2D eigenvalue weighted by Gasteiger charge is -2.15. The smallest absolute Gasteiger partial charge is 0.303 e. The highest BCUT2D eigenvalue weighted by molar-refractivity contribution is 7.72. The van der Waals surface area contributed by atoms with E-state index >= 15 is 0 Å². The first-order valence-corrected chi connectivity index (χ1v) is 8.64. The summed E-state index contributed by atoms with van der Waals surface area (Å²) in [6.07, 6.45) is 1.85. The molecule has 0 N–H and O–H groups in total. The van der Waals surface area contributed by atoms with Crippen LogP contribution in [0, 0.1) is 11.8 Å². The first-order valence-electron chi connectivity index (χ1n) is 7.10. The van der Waals surface area contributed by atoms with E-state index in [1.807, 2.05) is 0 Å². The standard InChI is InChI=1S/C16H21O4P/c1-4-7-8-9-14-10-12-15(13-11-14)16(17)21(18,19-5-2)20-6-3/h10-13H,4-7H2,1-3H3. The first kappa shape index (κ1) is 17.7. The van der Waals surface area contributed by atoms with Crippen molar-refractivity contribution < 1.29 is 18.4 Å². The molecular formula is C16H21O4P. The lowest BCUT2D eigenvalue weighted by atomic mass is 10.1. The zero-order chi connectivity index (χ0) is 15.7. The Bertz CT molecular complexity index is 556. The molecule has 0 aliphatic rings. The number of benzene rings is 1. The molecule has 0 aliphatic carbocycles. The predicted molar refractivity (Wildman–Crippen MR) is 83.4 cm³/mol. The van der Waals surface area contributed by atoms with Gasteiger partial charge in [0.2, 0.25) is 0 Å². The van der Waals surface area contributed by atoms with Crippen molar-refractivity contribution in [2.75, 3.05) is 13.2 Å². The van der Waals surface area contributed by atoms with Gasteiger partial charge in [-0.1, -0.05) is 18.8 Å². The molecule has 0 fully saturated rings. The van der Waals surface area contributed by atoms with Crippen LogP contribution >= 0.6 is 7.60 Å². The van der Waals surface area contributed by atoms with Crippen LogP contribution in [-0.2, 0) is 13.6 Å². The lowest BCUT2D eigenvalue weighted by molar-refractivity contribution is 0.100. The Balaban J connectivity index is 2.92. The molecular weight excluding hydrogens is 287 g/mol. The van der Waals surface area contributed by atoms with Crippen LogP contribution in [0.5, 0.6) is 0 Å². The molecule has 1 aromatic carbocycles. The maximum Gasteiger partial charge on any atom is 0.401 e. The number of unbranched alkanes of at least 4 members (excludes halogenated alkanes) is 1. The summed E-state index contributed by atoms with van der Waals surface area (Å²) in [6, 6.07) is 6.67. The van der Waals surface area contributed by atoms with E-state index in [1.165, 1.54) is 0 Å². The van der Waals surface area contributed by atoms with Crippen LogP contribution in [0.1, 0.15) is 49.5 Å². The average molecular weight is 308 g/mol. The van der Waals surface area contributed by atoms with E-state index in [0.29, 0.717) is 5.56 Å². The van der Waals surface area contributed by atoms with Gasteiger partial charge in [-0.25, -0.2) is 0 Å². The lowest BCUT2D eigenvalue weighted by Crippen LogP contribution is -2.07. The molecule has 0 heterocycles. The van der Waals surface area contributed by atoms with E-state index in [-0.39, 0.29) is 13.2 Å². The molecule has 0 radical (unpaired) electrons. The van der Waals surface area contributed by atoms with Crippen LogP contribution in [0.25, 0.3) is 0 Å². The number of carbonyl (C=O) groups excluding carboxylic acids is 1. The van der Waals surface area contributed by atoms with Gasteiger partial charge in [0.05, 0.1) is 13.2 Å². The Labute approximate surface area is 126 Å². The Morgan fingerprint density at radius 1 is 1.10 bits per heavy atom. The van der Waals surface area contributed by atoms with E-state index in [0.717, 1.165) is 18.4 Å². The monoisotopic (exact) mass is 308 g/mol. The summed E-state index contributed by atoms with van der Waals surface area (Å²) in [5.41, 5.74) is 0.517. The zero-order valence-corrected chi connectivity index (χ0v) is 13.6. The van der Waals surface area contributed by atoms with Crippen molar-refractivity contribution in [1.29, 1.82) is 0 Å². The first-order chi connectivity index (χ1) is 10.1. The van der Waals surface area contributed by atoms with Gasteiger partial charge in [-0.05, 0) is 44.5 Å². The maximum atomic E-state index is 12.4. The van der Waals surface area contributed by atoms with Gasteiger partial charge in [-0.15, -0.1) is 0 Å². The van der Waals surface area contributed by atoms with Gasteiger partial charge in [-0.3, -0.25) is 9.36 Å². The van der Waals surface area contributed by atoms with Crippen LogP contribution in [0.15, 0.2) is 24.3 Å². The zero-order valence-electron chi connectivity index (χ0n) is 12.7. The molecule has 0 aliphatic heterocycles. The van der Waals surface area contributed by atoms with Gasteiger partial charge in [0, 0.05) is 17.5 Å². The van der Waals surface area contributed by atoms with Gasteiger partial charge in [-0.2, -0.15) is 0 Å².